The first-order valence-electron chi connectivity index (χ1n) is 11.3. The van der Waals surface area contributed by atoms with Crippen LogP contribution in [0.1, 0.15) is 60.6 Å². The van der Waals surface area contributed by atoms with E-state index in [9.17, 15) is 0 Å². The summed E-state index contributed by atoms with van der Waals surface area (Å²) < 4.78 is 0. The maximum Gasteiger partial charge on any atom is 4.00 e. The largest absolute Gasteiger partial charge is 4.00 e. The Hall–Kier alpha value is -1.28. The summed E-state index contributed by atoms with van der Waals surface area (Å²) >= 11 is 0. The van der Waals surface area contributed by atoms with Crippen LogP contribution < -0.4 is 37.2 Å². The van der Waals surface area contributed by atoms with Gasteiger partial charge in [-0.15, -0.1) is 0 Å². The molecule has 182 valence electrons. The number of halogens is 3. The first-order valence-corrected chi connectivity index (χ1v) is 11.3. The Balaban J connectivity index is 0.00000289. The monoisotopic (exact) mass is 558 g/mol. The second-order valence-corrected chi connectivity index (χ2v) is 10.0. The van der Waals surface area contributed by atoms with Crippen LogP contribution in [0.5, 0.6) is 0 Å². The zero-order chi connectivity index (χ0) is 22.2. The van der Waals surface area contributed by atoms with Gasteiger partial charge in [0.25, 0.3) is 0 Å². The normalized spacial score (nSPS) is 12.7. The van der Waals surface area contributed by atoms with Gasteiger partial charge >= 0.3 is 21.7 Å². The summed E-state index contributed by atoms with van der Waals surface area (Å²) in [6.07, 6.45) is 7.20. The van der Waals surface area contributed by atoms with Gasteiger partial charge in [0.15, 0.2) is 0 Å². The fourth-order valence-corrected chi connectivity index (χ4v) is 4.87. The first kappa shape index (κ1) is 33.7. The zero-order valence-electron chi connectivity index (χ0n) is 21.3. The van der Waals surface area contributed by atoms with Crippen LogP contribution in [0.4, 0.5) is 0 Å². The van der Waals surface area contributed by atoms with Gasteiger partial charge in [-0.3, -0.25) is 0 Å². The Bertz CT molecular complexity index is 1070. The van der Waals surface area contributed by atoms with E-state index in [2.05, 4.69) is 126 Å². The minimum absolute atomic E-state index is 0. The topological polar surface area (TPSA) is 0 Å². The van der Waals surface area contributed by atoms with Crippen molar-refractivity contribution in [2.45, 2.75) is 53.4 Å². The second kappa shape index (κ2) is 13.3. The molecule has 35 heavy (non-hydrogen) atoms. The van der Waals surface area contributed by atoms with Crippen molar-refractivity contribution >= 4 is 0 Å². The second-order valence-electron chi connectivity index (χ2n) is 10.0. The molecule has 0 aliphatic heterocycles. The van der Waals surface area contributed by atoms with Crippen molar-refractivity contribution in [3.63, 3.8) is 0 Å². The number of aryl methyl sites for hydroxylation is 3. The van der Waals surface area contributed by atoms with Gasteiger partial charge in [-0.2, -0.15) is 5.57 Å². The Morgan fingerprint density at radius 1 is 0.629 bits per heavy atom. The molecule has 1 aliphatic carbocycles. The van der Waals surface area contributed by atoms with Gasteiger partial charge in [0.2, 0.25) is 0 Å². The third kappa shape index (κ3) is 6.74. The van der Waals surface area contributed by atoms with Crippen molar-refractivity contribution < 1.29 is 58.9 Å². The molecule has 0 amide bonds. The van der Waals surface area contributed by atoms with Crippen molar-refractivity contribution in [1.82, 2.24) is 0 Å². The predicted molar refractivity (Wildman–Crippen MR) is 132 cm³/mol. The summed E-state index contributed by atoms with van der Waals surface area (Å²) in [5.74, 6) is 0. The van der Waals surface area contributed by atoms with Gasteiger partial charge in [0.1, 0.15) is 0 Å². The molecule has 0 heterocycles. The average Bonchev–Trinajstić information content (AvgIpc) is 3.20. The summed E-state index contributed by atoms with van der Waals surface area (Å²) in [6, 6.07) is 27.1. The molecule has 3 aromatic carbocycles. The summed E-state index contributed by atoms with van der Waals surface area (Å²) in [6.45, 7) is 13.4. The molecule has 0 radical (unpaired) electrons. The molecule has 0 unspecified atom stereocenters. The van der Waals surface area contributed by atoms with E-state index in [1.54, 1.807) is 0 Å². The van der Waals surface area contributed by atoms with E-state index in [0.717, 1.165) is 6.42 Å². The van der Waals surface area contributed by atoms with Gasteiger partial charge in [-0.1, -0.05) is 117 Å². The molecule has 1 aliphatic rings. The molecule has 0 spiro atoms. The summed E-state index contributed by atoms with van der Waals surface area (Å²) in [4.78, 5) is 0. The van der Waals surface area contributed by atoms with E-state index in [4.69, 9.17) is 0 Å². The molecule has 4 rings (SSSR count). The van der Waals surface area contributed by atoms with Crippen molar-refractivity contribution in [2.24, 2.45) is 5.41 Å². The van der Waals surface area contributed by atoms with E-state index < -0.39 is 0 Å². The summed E-state index contributed by atoms with van der Waals surface area (Å²) in [5.41, 5.74) is 10.1. The number of hydrogen-bond acceptors (Lipinski definition) is 0. The molecular weight excluding hydrogens is 527 g/mol. The number of rotatable bonds is 4. The van der Waals surface area contributed by atoms with Crippen molar-refractivity contribution in [3.05, 3.63) is 129 Å². The maximum atomic E-state index is 3.90. The summed E-state index contributed by atoms with van der Waals surface area (Å²) in [7, 11) is 0. The van der Waals surface area contributed by atoms with Crippen LogP contribution in [0.2, 0.25) is 0 Å². The Morgan fingerprint density at radius 3 is 1.29 bits per heavy atom. The molecule has 0 aromatic heterocycles. The molecule has 0 N–H and O–H groups in total. The molecule has 0 fully saturated rings. The Morgan fingerprint density at radius 2 is 1.00 bits per heavy atom. The fourth-order valence-electron chi connectivity index (χ4n) is 4.87. The molecule has 0 atom stereocenters. The maximum absolute atomic E-state index is 3.90. The van der Waals surface area contributed by atoms with E-state index >= 15 is 0 Å². The predicted octanol–water partition coefficient (Wildman–Crippen LogP) is -0.938. The quantitative estimate of drug-likeness (QED) is 0.220. The van der Waals surface area contributed by atoms with Crippen LogP contribution >= 0.6 is 0 Å². The van der Waals surface area contributed by atoms with E-state index in [1.807, 2.05) is 0 Å². The van der Waals surface area contributed by atoms with Crippen LogP contribution in [0.25, 0.3) is 0 Å². The standard InChI is InChI=1S/C31H33.3ClH.Ti/c1-22-10-7-13-26(18-22)31(27-14-8-11-23(2)19-27,28-15-9-12-24(3)20-28)29-17-16-25(21-29)30(4,5)6;;;;/h7-16,18-20H,17H2,1-6H3;3*1H;/q-1;;;;+4/p-3. The average molecular weight is 560 g/mol. The van der Waals surface area contributed by atoms with Crippen LogP contribution in [0.15, 0.2) is 90.0 Å². The molecule has 0 bridgehead atoms. The van der Waals surface area contributed by atoms with Gasteiger partial charge in [-0.25, -0.2) is 17.7 Å². The SMILES string of the molecule is Cc1cccc(C(C2=[C-]C(C(C)(C)C)=CC2)(c2cccc(C)c2)c2cccc(C)c2)c1.[Cl-].[Cl-].[Cl-].[Ti+4]. The number of allylic oxidation sites excluding steroid dienone is 4. The first-order chi connectivity index (χ1) is 14.7. The van der Waals surface area contributed by atoms with E-state index in [0.29, 0.717) is 0 Å². The molecule has 4 heteroatoms. The van der Waals surface area contributed by atoms with Gasteiger partial charge in [-0.05, 0) is 42.9 Å². The number of hydrogen-bond donors (Lipinski definition) is 0. The van der Waals surface area contributed by atoms with Crippen LogP contribution in [0.3, 0.4) is 0 Å². The third-order valence-corrected chi connectivity index (χ3v) is 6.41. The van der Waals surface area contributed by atoms with Gasteiger partial charge < -0.3 is 37.2 Å². The Labute approximate surface area is 245 Å². The summed E-state index contributed by atoms with van der Waals surface area (Å²) in [5, 5.41) is 0. The minimum atomic E-state index is -0.368. The van der Waals surface area contributed by atoms with Crippen molar-refractivity contribution in [1.29, 1.82) is 0 Å². The molecule has 0 saturated heterocycles. The number of benzene rings is 3. The fraction of sp³-hybridized carbons (Fsp3) is 0.290. The van der Waals surface area contributed by atoms with Crippen LogP contribution in [-0.2, 0) is 27.1 Å². The van der Waals surface area contributed by atoms with Crippen molar-refractivity contribution in [2.75, 3.05) is 0 Å². The van der Waals surface area contributed by atoms with E-state index in [1.165, 1.54) is 44.5 Å². The van der Waals surface area contributed by atoms with Crippen LogP contribution in [0, 0.1) is 32.3 Å². The Kier molecular flexibility index (Phi) is 12.8. The van der Waals surface area contributed by atoms with Gasteiger partial charge in [0.05, 0.1) is 0 Å². The smallest absolute Gasteiger partial charge is 1.00 e. The van der Waals surface area contributed by atoms with Crippen LogP contribution in [-0.4, -0.2) is 0 Å². The molecule has 0 nitrogen and oxygen atoms in total. The molecule has 3 aromatic rings. The molecular formula is C31H33Cl3Ti. The minimum Gasteiger partial charge on any atom is -1.00 e. The third-order valence-electron chi connectivity index (χ3n) is 6.41. The van der Waals surface area contributed by atoms with Gasteiger partial charge in [0, 0.05) is 5.41 Å². The van der Waals surface area contributed by atoms with E-state index in [-0.39, 0.29) is 69.8 Å². The molecule has 0 saturated carbocycles. The van der Waals surface area contributed by atoms with Crippen molar-refractivity contribution in [3.8, 4) is 0 Å². The zero-order valence-corrected chi connectivity index (χ0v) is 25.2.